The highest BCUT2D eigenvalue weighted by Crippen LogP contribution is 2.10. The number of rotatable bonds is 3. The van der Waals surface area contributed by atoms with Crippen molar-refractivity contribution in [3.05, 3.63) is 35.9 Å². The zero-order valence-electron chi connectivity index (χ0n) is 10.8. The number of nitrogens with one attached hydrogen (secondary N) is 1. The van der Waals surface area contributed by atoms with Crippen LogP contribution in [0.5, 0.6) is 0 Å². The van der Waals surface area contributed by atoms with E-state index in [0.29, 0.717) is 6.54 Å². The Bertz CT molecular complexity index is 381. The average molecular weight is 248 g/mol. The van der Waals surface area contributed by atoms with E-state index in [1.807, 2.05) is 18.2 Å². The van der Waals surface area contributed by atoms with Gasteiger partial charge in [-0.1, -0.05) is 30.3 Å². The quantitative estimate of drug-likeness (QED) is 0.806. The Morgan fingerprint density at radius 3 is 2.94 bits per heavy atom. The summed E-state index contributed by atoms with van der Waals surface area (Å²) in [6.07, 6.45) is 0. The summed E-state index contributed by atoms with van der Waals surface area (Å²) in [4.78, 5) is 13.9. The van der Waals surface area contributed by atoms with Gasteiger partial charge < -0.3 is 10.1 Å². The topological polar surface area (TPSA) is 41.6 Å². The molecule has 1 saturated heterocycles. The molecule has 0 bridgehead atoms. The number of benzene rings is 1. The molecule has 98 valence electrons. The van der Waals surface area contributed by atoms with E-state index in [1.165, 1.54) is 12.7 Å². The van der Waals surface area contributed by atoms with Gasteiger partial charge in [-0.05, 0) is 5.56 Å². The number of esters is 1. The van der Waals surface area contributed by atoms with Crippen molar-refractivity contribution in [1.82, 2.24) is 10.2 Å². The summed E-state index contributed by atoms with van der Waals surface area (Å²) in [5.41, 5.74) is 1.28. The van der Waals surface area contributed by atoms with Crippen LogP contribution in [0.3, 0.4) is 0 Å². The first-order valence-corrected chi connectivity index (χ1v) is 6.34. The van der Waals surface area contributed by atoms with Gasteiger partial charge in [-0.3, -0.25) is 9.69 Å². The molecular weight excluding hydrogens is 228 g/mol. The third-order valence-electron chi connectivity index (χ3n) is 3.26. The molecule has 1 aliphatic rings. The predicted octanol–water partition coefficient (Wildman–Crippen LogP) is 0.881. The fourth-order valence-electron chi connectivity index (χ4n) is 2.29. The second-order valence-electron chi connectivity index (χ2n) is 4.64. The molecule has 1 fully saturated rings. The smallest absolute Gasteiger partial charge is 0.311 e. The maximum absolute atomic E-state index is 11.6. The minimum absolute atomic E-state index is 0.0683. The first-order valence-electron chi connectivity index (χ1n) is 6.34. The van der Waals surface area contributed by atoms with Crippen LogP contribution in [-0.2, 0) is 16.1 Å². The van der Waals surface area contributed by atoms with Crippen molar-refractivity contribution >= 4 is 5.97 Å². The minimum Gasteiger partial charge on any atom is -0.469 e. The molecule has 4 heteroatoms. The lowest BCUT2D eigenvalue weighted by Gasteiger charge is -2.22. The van der Waals surface area contributed by atoms with E-state index >= 15 is 0 Å². The zero-order valence-corrected chi connectivity index (χ0v) is 10.8. The summed E-state index contributed by atoms with van der Waals surface area (Å²) in [7, 11) is 1.45. The molecule has 1 aromatic rings. The van der Waals surface area contributed by atoms with Crippen LogP contribution in [0.2, 0.25) is 0 Å². The molecule has 1 aliphatic heterocycles. The molecule has 1 aromatic carbocycles. The summed E-state index contributed by atoms with van der Waals surface area (Å²) < 4.78 is 4.84. The van der Waals surface area contributed by atoms with Gasteiger partial charge in [-0.25, -0.2) is 0 Å². The fourth-order valence-corrected chi connectivity index (χ4v) is 2.29. The van der Waals surface area contributed by atoms with Gasteiger partial charge in [0.2, 0.25) is 0 Å². The third-order valence-corrected chi connectivity index (χ3v) is 3.26. The van der Waals surface area contributed by atoms with Crippen LogP contribution in [0.15, 0.2) is 30.3 Å². The zero-order chi connectivity index (χ0) is 12.8. The summed E-state index contributed by atoms with van der Waals surface area (Å²) in [6.45, 7) is 4.23. The van der Waals surface area contributed by atoms with Gasteiger partial charge in [0, 0.05) is 32.7 Å². The van der Waals surface area contributed by atoms with E-state index < -0.39 is 0 Å². The molecule has 1 heterocycles. The van der Waals surface area contributed by atoms with Crippen molar-refractivity contribution in [3.8, 4) is 0 Å². The van der Waals surface area contributed by atoms with Crippen LogP contribution in [-0.4, -0.2) is 44.2 Å². The molecule has 0 spiro atoms. The third kappa shape index (κ3) is 3.55. The van der Waals surface area contributed by atoms with Crippen LogP contribution in [0, 0.1) is 5.92 Å². The lowest BCUT2D eigenvalue weighted by Crippen LogP contribution is -2.34. The number of carbonyl (C=O) groups excluding carboxylic acids is 1. The maximum atomic E-state index is 11.6. The van der Waals surface area contributed by atoms with Crippen molar-refractivity contribution in [3.63, 3.8) is 0 Å². The maximum Gasteiger partial charge on any atom is 0.311 e. The van der Waals surface area contributed by atoms with Crippen LogP contribution >= 0.6 is 0 Å². The van der Waals surface area contributed by atoms with Gasteiger partial charge in [0.05, 0.1) is 13.0 Å². The van der Waals surface area contributed by atoms with Crippen molar-refractivity contribution in [2.75, 3.05) is 33.3 Å². The minimum atomic E-state index is -0.123. The Morgan fingerprint density at radius 1 is 1.44 bits per heavy atom. The number of nitrogens with zero attached hydrogens (tertiary/aromatic N) is 1. The normalized spacial score (nSPS) is 21.3. The van der Waals surface area contributed by atoms with Gasteiger partial charge in [0.15, 0.2) is 0 Å². The highest BCUT2D eigenvalue weighted by Gasteiger charge is 2.24. The highest BCUT2D eigenvalue weighted by atomic mass is 16.5. The SMILES string of the molecule is COC(=O)C1CNCCN(Cc2ccccc2)C1. The molecule has 18 heavy (non-hydrogen) atoms. The van der Waals surface area contributed by atoms with Gasteiger partial charge >= 0.3 is 5.97 Å². The van der Waals surface area contributed by atoms with E-state index in [1.54, 1.807) is 0 Å². The fraction of sp³-hybridized carbons (Fsp3) is 0.500. The lowest BCUT2D eigenvalue weighted by atomic mass is 10.1. The van der Waals surface area contributed by atoms with E-state index in [4.69, 9.17) is 4.74 Å². The second-order valence-corrected chi connectivity index (χ2v) is 4.64. The van der Waals surface area contributed by atoms with E-state index in [0.717, 1.165) is 26.2 Å². The average Bonchev–Trinajstić information content (AvgIpc) is 2.65. The molecule has 1 atom stereocenters. The van der Waals surface area contributed by atoms with Crippen LogP contribution in [0.25, 0.3) is 0 Å². The number of methoxy groups -OCH3 is 1. The van der Waals surface area contributed by atoms with Gasteiger partial charge in [-0.2, -0.15) is 0 Å². The lowest BCUT2D eigenvalue weighted by molar-refractivity contribution is -0.145. The summed E-state index contributed by atoms with van der Waals surface area (Å²) in [5.74, 6) is -0.191. The monoisotopic (exact) mass is 248 g/mol. The van der Waals surface area contributed by atoms with Crippen molar-refractivity contribution in [1.29, 1.82) is 0 Å². The molecule has 1 unspecified atom stereocenters. The summed E-state index contributed by atoms with van der Waals surface area (Å²) in [5, 5.41) is 3.29. The molecule has 0 amide bonds. The molecule has 1 N–H and O–H groups in total. The second kappa shape index (κ2) is 6.52. The van der Waals surface area contributed by atoms with E-state index in [2.05, 4.69) is 22.3 Å². The first-order chi connectivity index (χ1) is 8.79. The molecule has 2 rings (SSSR count). The van der Waals surface area contributed by atoms with E-state index in [9.17, 15) is 4.79 Å². The Hall–Kier alpha value is -1.39. The highest BCUT2D eigenvalue weighted by molar-refractivity contribution is 5.72. The summed E-state index contributed by atoms with van der Waals surface area (Å²) in [6, 6.07) is 10.3. The van der Waals surface area contributed by atoms with Crippen molar-refractivity contribution < 1.29 is 9.53 Å². The molecule has 0 aromatic heterocycles. The van der Waals surface area contributed by atoms with Gasteiger partial charge in [-0.15, -0.1) is 0 Å². The van der Waals surface area contributed by atoms with E-state index in [-0.39, 0.29) is 11.9 Å². The number of hydrogen-bond acceptors (Lipinski definition) is 4. The molecule has 0 saturated carbocycles. The Morgan fingerprint density at radius 2 is 2.22 bits per heavy atom. The standard InChI is InChI=1S/C14H20N2O2/c1-18-14(17)13-9-15-7-8-16(11-13)10-12-5-3-2-4-6-12/h2-6,13,15H,7-11H2,1H3. The molecular formula is C14H20N2O2. The largest absolute Gasteiger partial charge is 0.469 e. The van der Waals surface area contributed by atoms with Crippen LogP contribution < -0.4 is 5.32 Å². The Labute approximate surface area is 108 Å². The number of carbonyl (C=O) groups is 1. The predicted molar refractivity (Wildman–Crippen MR) is 70.1 cm³/mol. The first kappa shape index (κ1) is 13.1. The number of hydrogen-bond donors (Lipinski definition) is 1. The summed E-state index contributed by atoms with van der Waals surface area (Å²) >= 11 is 0. The Balaban J connectivity index is 1.97. The molecule has 4 nitrogen and oxygen atoms in total. The Kier molecular flexibility index (Phi) is 4.73. The van der Waals surface area contributed by atoms with Gasteiger partial charge in [0.1, 0.15) is 0 Å². The van der Waals surface area contributed by atoms with Crippen LogP contribution in [0.1, 0.15) is 5.56 Å². The molecule has 0 radical (unpaired) electrons. The molecule has 0 aliphatic carbocycles. The van der Waals surface area contributed by atoms with Crippen molar-refractivity contribution in [2.45, 2.75) is 6.54 Å². The van der Waals surface area contributed by atoms with Crippen LogP contribution in [0.4, 0.5) is 0 Å². The van der Waals surface area contributed by atoms with Gasteiger partial charge in [0.25, 0.3) is 0 Å². The van der Waals surface area contributed by atoms with Crippen molar-refractivity contribution in [2.24, 2.45) is 5.92 Å². The number of ether oxygens (including phenoxy) is 1.